The molecule has 1 radical (unpaired) electrons. The number of unbranched alkanes of at least 4 members (excludes halogenated alkanes) is 1. The van der Waals surface area contributed by atoms with E-state index in [0.717, 1.165) is 18.8 Å². The van der Waals surface area contributed by atoms with Gasteiger partial charge in [-0.3, -0.25) is 0 Å². The van der Waals surface area contributed by atoms with Crippen LogP contribution in [0.2, 0.25) is 0 Å². The minimum absolute atomic E-state index is 0.817. The van der Waals surface area contributed by atoms with Crippen molar-refractivity contribution in [2.75, 3.05) is 46.4 Å². The molecule has 1 aliphatic heterocycles. The Morgan fingerprint density at radius 1 is 1.11 bits per heavy atom. The first-order valence-electron chi connectivity index (χ1n) is 6.84. The maximum atomic E-state index is 5.67. The van der Waals surface area contributed by atoms with E-state index in [-0.39, 0.29) is 0 Å². The average Bonchev–Trinajstić information content (AvgIpc) is 2.42. The molecule has 1 aromatic rings. The zero-order valence-corrected chi connectivity index (χ0v) is 11.3. The Morgan fingerprint density at radius 3 is 2.56 bits per heavy atom. The fraction of sp³-hybridized carbons (Fsp3) is 0.600. The van der Waals surface area contributed by atoms with E-state index < -0.39 is 0 Å². The molecule has 0 bridgehead atoms. The molecule has 3 heteroatoms. The van der Waals surface area contributed by atoms with E-state index >= 15 is 0 Å². The standard InChI is InChI=1S/C15H23N2O/c1-16-10-12-17(13-11-16)9-5-6-14-18-15-7-3-2-4-8-15/h3-4,7-8H,5-6,9-14H2,1H3. The summed E-state index contributed by atoms with van der Waals surface area (Å²) in [5.41, 5.74) is 0. The molecule has 2 rings (SSSR count). The maximum Gasteiger partial charge on any atom is 0.119 e. The van der Waals surface area contributed by atoms with Crippen molar-refractivity contribution < 1.29 is 4.74 Å². The summed E-state index contributed by atoms with van der Waals surface area (Å²) in [6.45, 7) is 6.86. The second-order valence-corrected chi connectivity index (χ2v) is 4.94. The SMILES string of the molecule is CN1CCN(CCCCOc2cc[c]cc2)CC1. The summed E-state index contributed by atoms with van der Waals surface area (Å²) in [7, 11) is 2.20. The third-order valence-electron chi connectivity index (χ3n) is 3.42. The van der Waals surface area contributed by atoms with E-state index in [2.05, 4.69) is 22.9 Å². The molecule has 0 amide bonds. The van der Waals surface area contributed by atoms with Gasteiger partial charge in [0.25, 0.3) is 0 Å². The summed E-state index contributed by atoms with van der Waals surface area (Å²) < 4.78 is 5.67. The van der Waals surface area contributed by atoms with Gasteiger partial charge < -0.3 is 14.5 Å². The molecule has 1 aromatic carbocycles. The highest BCUT2D eigenvalue weighted by molar-refractivity contribution is 5.20. The lowest BCUT2D eigenvalue weighted by molar-refractivity contribution is 0.150. The van der Waals surface area contributed by atoms with Gasteiger partial charge in [0.15, 0.2) is 0 Å². The molecule has 3 nitrogen and oxygen atoms in total. The van der Waals surface area contributed by atoms with Gasteiger partial charge >= 0.3 is 0 Å². The zero-order chi connectivity index (χ0) is 12.6. The lowest BCUT2D eigenvalue weighted by atomic mass is 10.2. The van der Waals surface area contributed by atoms with Gasteiger partial charge in [-0.15, -0.1) is 0 Å². The lowest BCUT2D eigenvalue weighted by Crippen LogP contribution is -2.44. The van der Waals surface area contributed by atoms with Crippen LogP contribution < -0.4 is 4.74 Å². The summed E-state index contributed by atoms with van der Waals surface area (Å²) in [6, 6.07) is 10.7. The Morgan fingerprint density at radius 2 is 1.83 bits per heavy atom. The molecule has 0 aliphatic carbocycles. The molecular weight excluding hydrogens is 224 g/mol. The van der Waals surface area contributed by atoms with Gasteiger partial charge in [-0.05, 0) is 44.6 Å². The predicted molar refractivity (Wildman–Crippen MR) is 73.9 cm³/mol. The number of ether oxygens (including phenoxy) is 1. The molecule has 1 heterocycles. The number of likely N-dealkylation sites (N-methyl/N-ethyl adjacent to an activating group) is 1. The van der Waals surface area contributed by atoms with Crippen LogP contribution in [0.1, 0.15) is 12.8 Å². The van der Waals surface area contributed by atoms with Crippen molar-refractivity contribution in [1.82, 2.24) is 9.80 Å². The molecular formula is C15H23N2O. The largest absolute Gasteiger partial charge is 0.494 e. The average molecular weight is 247 g/mol. The van der Waals surface area contributed by atoms with E-state index in [0.29, 0.717) is 0 Å². The quantitative estimate of drug-likeness (QED) is 0.714. The minimum atomic E-state index is 0.817. The minimum Gasteiger partial charge on any atom is -0.494 e. The molecule has 0 unspecified atom stereocenters. The highest BCUT2D eigenvalue weighted by Gasteiger charge is 2.12. The van der Waals surface area contributed by atoms with Crippen molar-refractivity contribution >= 4 is 0 Å². The van der Waals surface area contributed by atoms with Crippen LogP contribution >= 0.6 is 0 Å². The molecule has 1 saturated heterocycles. The van der Waals surface area contributed by atoms with Gasteiger partial charge in [0, 0.05) is 26.2 Å². The summed E-state index contributed by atoms with van der Waals surface area (Å²) >= 11 is 0. The van der Waals surface area contributed by atoms with E-state index in [9.17, 15) is 0 Å². The Hall–Kier alpha value is -1.06. The van der Waals surface area contributed by atoms with Crippen molar-refractivity contribution in [2.45, 2.75) is 12.8 Å². The number of benzene rings is 1. The normalized spacial score (nSPS) is 17.8. The van der Waals surface area contributed by atoms with Crippen molar-refractivity contribution in [2.24, 2.45) is 0 Å². The lowest BCUT2D eigenvalue weighted by Gasteiger charge is -2.32. The molecule has 99 valence electrons. The molecule has 18 heavy (non-hydrogen) atoms. The van der Waals surface area contributed by atoms with Gasteiger partial charge in [0.2, 0.25) is 0 Å². The number of piperazine rings is 1. The second-order valence-electron chi connectivity index (χ2n) is 4.94. The molecule has 0 N–H and O–H groups in total. The smallest absolute Gasteiger partial charge is 0.119 e. The van der Waals surface area contributed by atoms with Gasteiger partial charge in [-0.1, -0.05) is 12.1 Å². The van der Waals surface area contributed by atoms with E-state index in [1.54, 1.807) is 0 Å². The first-order chi connectivity index (χ1) is 8.84. The predicted octanol–water partition coefficient (Wildman–Crippen LogP) is 1.89. The van der Waals surface area contributed by atoms with Crippen LogP contribution in [0, 0.1) is 6.07 Å². The number of nitrogens with zero attached hydrogens (tertiary/aromatic N) is 2. The van der Waals surface area contributed by atoms with E-state index in [1.165, 1.54) is 39.1 Å². The van der Waals surface area contributed by atoms with E-state index in [4.69, 9.17) is 4.74 Å². The van der Waals surface area contributed by atoms with Crippen LogP contribution in [0.5, 0.6) is 5.75 Å². The molecule has 0 saturated carbocycles. The number of hydrogen-bond donors (Lipinski definition) is 0. The van der Waals surface area contributed by atoms with Crippen molar-refractivity contribution in [3.63, 3.8) is 0 Å². The van der Waals surface area contributed by atoms with Crippen molar-refractivity contribution in [1.29, 1.82) is 0 Å². The number of hydrogen-bond acceptors (Lipinski definition) is 3. The fourth-order valence-electron chi connectivity index (χ4n) is 2.17. The second kappa shape index (κ2) is 7.39. The van der Waals surface area contributed by atoms with Crippen molar-refractivity contribution in [3.05, 3.63) is 30.3 Å². The summed E-state index contributed by atoms with van der Waals surface area (Å²) in [5.74, 6) is 0.952. The fourth-order valence-corrected chi connectivity index (χ4v) is 2.17. The van der Waals surface area contributed by atoms with Crippen LogP contribution in [0.3, 0.4) is 0 Å². The van der Waals surface area contributed by atoms with Crippen LogP contribution in [0.4, 0.5) is 0 Å². The first-order valence-corrected chi connectivity index (χ1v) is 6.84. The molecule has 1 aliphatic rings. The zero-order valence-electron chi connectivity index (χ0n) is 11.3. The molecule has 0 atom stereocenters. The summed E-state index contributed by atoms with van der Waals surface area (Å²) in [5, 5.41) is 0. The van der Waals surface area contributed by atoms with Crippen LogP contribution in [0.15, 0.2) is 24.3 Å². The van der Waals surface area contributed by atoms with Crippen LogP contribution in [-0.2, 0) is 0 Å². The topological polar surface area (TPSA) is 15.7 Å². The van der Waals surface area contributed by atoms with Gasteiger partial charge in [0.05, 0.1) is 6.61 Å². The van der Waals surface area contributed by atoms with Crippen LogP contribution in [-0.4, -0.2) is 56.2 Å². The maximum absolute atomic E-state index is 5.67. The summed E-state index contributed by atoms with van der Waals surface area (Å²) in [4.78, 5) is 4.95. The summed E-state index contributed by atoms with van der Waals surface area (Å²) in [6.07, 6.45) is 2.35. The van der Waals surface area contributed by atoms with E-state index in [1.807, 2.05) is 24.3 Å². The monoisotopic (exact) mass is 247 g/mol. The van der Waals surface area contributed by atoms with Gasteiger partial charge in [-0.2, -0.15) is 0 Å². The van der Waals surface area contributed by atoms with Crippen molar-refractivity contribution in [3.8, 4) is 5.75 Å². The van der Waals surface area contributed by atoms with Gasteiger partial charge in [-0.25, -0.2) is 0 Å². The highest BCUT2D eigenvalue weighted by atomic mass is 16.5. The third-order valence-corrected chi connectivity index (χ3v) is 3.42. The molecule has 1 fully saturated rings. The Labute approximate surface area is 110 Å². The Kier molecular flexibility index (Phi) is 5.49. The van der Waals surface area contributed by atoms with Gasteiger partial charge in [0.1, 0.15) is 5.75 Å². The third kappa shape index (κ3) is 4.67. The number of rotatable bonds is 6. The Bertz CT molecular complexity index is 321. The van der Waals surface area contributed by atoms with Crippen LogP contribution in [0.25, 0.3) is 0 Å². The highest BCUT2D eigenvalue weighted by Crippen LogP contribution is 2.09. The molecule has 0 spiro atoms. The Balaban J connectivity index is 1.51. The molecule has 0 aromatic heterocycles. The first kappa shape index (κ1) is 13.4.